The Hall–Kier alpha value is -1.84. The fourth-order valence-corrected chi connectivity index (χ4v) is 4.00. The number of rotatable bonds is 4. The fraction of sp³-hybridized carbons (Fsp3) is 0.650. The molecule has 0 bridgehead atoms. The first-order valence-corrected chi connectivity index (χ1v) is 9.98. The lowest BCUT2D eigenvalue weighted by Crippen LogP contribution is -2.64. The van der Waals surface area contributed by atoms with Crippen molar-refractivity contribution in [3.05, 3.63) is 35.1 Å². The molecule has 0 aliphatic carbocycles. The van der Waals surface area contributed by atoms with E-state index in [-0.39, 0.29) is 42.0 Å². The molecule has 9 heteroatoms. The number of amides is 2. The van der Waals surface area contributed by atoms with E-state index in [0.29, 0.717) is 32.8 Å². The summed E-state index contributed by atoms with van der Waals surface area (Å²) in [6, 6.07) is 3.55. The zero-order chi connectivity index (χ0) is 20.6. The molecule has 1 aromatic rings. The smallest absolute Gasteiger partial charge is 0.320 e. The van der Waals surface area contributed by atoms with Crippen LogP contribution in [0.1, 0.15) is 24.5 Å². The summed E-state index contributed by atoms with van der Waals surface area (Å²) < 4.78 is 51.9. The highest BCUT2D eigenvalue weighted by Gasteiger charge is 2.39. The molecular weight excluding hydrogens is 387 g/mol. The zero-order valence-electron chi connectivity index (χ0n) is 16.4. The number of carbonyl (C=O) groups excluding carboxylic acids is 1. The second-order valence-electron chi connectivity index (χ2n) is 8.02. The summed E-state index contributed by atoms with van der Waals surface area (Å²) in [6.45, 7) is 4.43. The number of hydrogen-bond donors (Lipinski definition) is 1. The number of carbonyl (C=O) groups is 1. The van der Waals surface area contributed by atoms with Gasteiger partial charge < -0.3 is 24.6 Å². The lowest BCUT2D eigenvalue weighted by Gasteiger charge is -2.46. The number of benzene rings is 1. The van der Waals surface area contributed by atoms with Gasteiger partial charge in [0.15, 0.2) is 0 Å². The van der Waals surface area contributed by atoms with E-state index in [0.717, 1.165) is 26.0 Å². The quantitative estimate of drug-likeness (QED) is 0.823. The molecule has 3 fully saturated rings. The number of urea groups is 1. The van der Waals surface area contributed by atoms with Crippen LogP contribution in [0.2, 0.25) is 0 Å². The fourth-order valence-electron chi connectivity index (χ4n) is 4.00. The molecule has 0 unspecified atom stereocenters. The SMILES string of the molecule is CC(F)(F)c1ccc(COC2CN(C(=O)N3CC[C@H]4OCCN[C@@H]4C3)C2)c(F)c1. The van der Waals surface area contributed by atoms with Gasteiger partial charge in [-0.2, -0.15) is 0 Å². The summed E-state index contributed by atoms with van der Waals surface area (Å²) in [6.07, 6.45) is 0.817. The minimum Gasteiger partial charge on any atom is -0.375 e. The molecule has 29 heavy (non-hydrogen) atoms. The Balaban J connectivity index is 1.23. The van der Waals surface area contributed by atoms with Crippen LogP contribution >= 0.6 is 0 Å². The minimum absolute atomic E-state index is 0.0111. The van der Waals surface area contributed by atoms with E-state index in [1.807, 2.05) is 4.90 Å². The van der Waals surface area contributed by atoms with Gasteiger partial charge in [0.25, 0.3) is 5.92 Å². The van der Waals surface area contributed by atoms with Gasteiger partial charge in [0, 0.05) is 37.7 Å². The molecule has 6 nitrogen and oxygen atoms in total. The monoisotopic (exact) mass is 413 g/mol. The van der Waals surface area contributed by atoms with E-state index in [4.69, 9.17) is 9.47 Å². The molecule has 2 amide bonds. The average Bonchev–Trinajstić information content (AvgIpc) is 2.66. The molecule has 1 N–H and O–H groups in total. The van der Waals surface area contributed by atoms with Crippen LogP contribution in [0.25, 0.3) is 0 Å². The average molecular weight is 413 g/mol. The molecule has 3 aliphatic heterocycles. The van der Waals surface area contributed by atoms with Gasteiger partial charge in [-0.05, 0) is 12.5 Å². The third kappa shape index (κ3) is 4.51. The second-order valence-corrected chi connectivity index (χ2v) is 8.02. The van der Waals surface area contributed by atoms with Gasteiger partial charge in [-0.3, -0.25) is 0 Å². The van der Waals surface area contributed by atoms with E-state index in [2.05, 4.69) is 5.32 Å². The number of piperidine rings is 1. The first-order chi connectivity index (χ1) is 13.8. The largest absolute Gasteiger partial charge is 0.375 e. The van der Waals surface area contributed by atoms with E-state index in [1.165, 1.54) is 12.1 Å². The van der Waals surface area contributed by atoms with Crippen LogP contribution in [-0.2, 0) is 22.0 Å². The number of morpholine rings is 1. The minimum atomic E-state index is -3.08. The Bertz CT molecular complexity index is 752. The van der Waals surface area contributed by atoms with Gasteiger partial charge in [-0.25, -0.2) is 18.0 Å². The van der Waals surface area contributed by atoms with Gasteiger partial charge in [0.05, 0.1) is 44.6 Å². The number of hydrogen-bond acceptors (Lipinski definition) is 4. The molecule has 0 spiro atoms. The maximum atomic E-state index is 14.0. The first kappa shape index (κ1) is 20.4. The van der Waals surface area contributed by atoms with Crippen molar-refractivity contribution in [1.29, 1.82) is 0 Å². The molecule has 3 saturated heterocycles. The molecule has 3 heterocycles. The highest BCUT2D eigenvalue weighted by molar-refractivity contribution is 5.75. The third-order valence-corrected chi connectivity index (χ3v) is 5.81. The topological polar surface area (TPSA) is 54.0 Å². The Morgan fingerprint density at radius 3 is 2.83 bits per heavy atom. The molecule has 1 aromatic carbocycles. The zero-order valence-corrected chi connectivity index (χ0v) is 16.4. The molecule has 3 aliphatic rings. The molecular formula is C20H26F3N3O3. The van der Waals surface area contributed by atoms with Crippen molar-refractivity contribution < 1.29 is 27.4 Å². The Morgan fingerprint density at radius 1 is 1.31 bits per heavy atom. The lowest BCUT2D eigenvalue weighted by atomic mass is 10.0. The number of nitrogens with zero attached hydrogens (tertiary/aromatic N) is 2. The molecule has 160 valence electrons. The van der Waals surface area contributed by atoms with Crippen LogP contribution in [0, 0.1) is 5.82 Å². The summed E-state index contributed by atoms with van der Waals surface area (Å²) in [5.41, 5.74) is -0.131. The van der Waals surface area contributed by atoms with Gasteiger partial charge in [-0.1, -0.05) is 12.1 Å². The number of ether oxygens (including phenoxy) is 2. The van der Waals surface area contributed by atoms with E-state index >= 15 is 0 Å². The van der Waals surface area contributed by atoms with Crippen LogP contribution < -0.4 is 5.32 Å². The highest BCUT2D eigenvalue weighted by atomic mass is 19.3. The van der Waals surface area contributed by atoms with E-state index in [1.54, 1.807) is 4.90 Å². The van der Waals surface area contributed by atoms with E-state index in [9.17, 15) is 18.0 Å². The van der Waals surface area contributed by atoms with Gasteiger partial charge in [0.1, 0.15) is 5.82 Å². The number of halogens is 3. The van der Waals surface area contributed by atoms with Crippen LogP contribution in [0.3, 0.4) is 0 Å². The van der Waals surface area contributed by atoms with E-state index < -0.39 is 11.7 Å². The number of alkyl halides is 2. The Morgan fingerprint density at radius 2 is 2.10 bits per heavy atom. The van der Waals surface area contributed by atoms with Crippen molar-refractivity contribution in [2.75, 3.05) is 39.3 Å². The predicted molar refractivity (Wildman–Crippen MR) is 99.2 cm³/mol. The second kappa shape index (κ2) is 8.12. The Labute approximate surface area is 167 Å². The van der Waals surface area contributed by atoms with Crippen molar-refractivity contribution >= 4 is 6.03 Å². The number of fused-ring (bicyclic) bond motifs is 1. The summed E-state index contributed by atoms with van der Waals surface area (Å²) in [4.78, 5) is 16.2. The summed E-state index contributed by atoms with van der Waals surface area (Å²) >= 11 is 0. The summed E-state index contributed by atoms with van der Waals surface area (Å²) in [5, 5.41) is 3.40. The standard InChI is InChI=1S/C20H26F3N3O3/c1-20(22,23)14-3-2-13(16(21)8-14)12-29-15-9-26(10-15)19(27)25-6-4-18-17(11-25)24-5-7-28-18/h2-3,8,15,17-18,24H,4-7,9-12H2,1H3/t17-,18-/m1/s1. The molecule has 0 radical (unpaired) electrons. The molecule has 0 saturated carbocycles. The third-order valence-electron chi connectivity index (χ3n) is 5.81. The normalized spacial score (nSPS) is 25.5. The highest BCUT2D eigenvalue weighted by Crippen LogP contribution is 2.28. The maximum Gasteiger partial charge on any atom is 0.320 e. The van der Waals surface area contributed by atoms with Crippen LogP contribution in [0.5, 0.6) is 0 Å². The van der Waals surface area contributed by atoms with Crippen LogP contribution in [-0.4, -0.2) is 73.4 Å². The van der Waals surface area contributed by atoms with Gasteiger partial charge in [-0.15, -0.1) is 0 Å². The van der Waals surface area contributed by atoms with Crippen LogP contribution in [0.15, 0.2) is 18.2 Å². The lowest BCUT2D eigenvalue weighted by molar-refractivity contribution is -0.0617. The van der Waals surface area contributed by atoms with Crippen molar-refractivity contribution in [3.8, 4) is 0 Å². The Kier molecular flexibility index (Phi) is 5.72. The summed E-state index contributed by atoms with van der Waals surface area (Å²) in [5.74, 6) is -3.79. The first-order valence-electron chi connectivity index (χ1n) is 9.98. The molecule has 2 atom stereocenters. The van der Waals surface area contributed by atoms with Crippen molar-refractivity contribution in [3.63, 3.8) is 0 Å². The molecule has 0 aromatic heterocycles. The van der Waals surface area contributed by atoms with Gasteiger partial charge in [0.2, 0.25) is 0 Å². The maximum absolute atomic E-state index is 14.0. The van der Waals surface area contributed by atoms with Crippen LogP contribution in [0.4, 0.5) is 18.0 Å². The van der Waals surface area contributed by atoms with Crippen molar-refractivity contribution in [2.45, 2.75) is 44.1 Å². The number of nitrogens with one attached hydrogen (secondary N) is 1. The predicted octanol–water partition coefficient (Wildman–Crippen LogP) is 2.32. The van der Waals surface area contributed by atoms with Gasteiger partial charge >= 0.3 is 6.03 Å². The van der Waals surface area contributed by atoms with Crippen molar-refractivity contribution in [2.24, 2.45) is 0 Å². The summed E-state index contributed by atoms with van der Waals surface area (Å²) in [7, 11) is 0. The number of likely N-dealkylation sites (tertiary alicyclic amines) is 2. The molecule has 4 rings (SSSR count). The van der Waals surface area contributed by atoms with Crippen molar-refractivity contribution in [1.82, 2.24) is 15.1 Å².